The number of aliphatic hydroxyl groups is 1. The SMILES string of the molecule is Cc1cccnc1COc1ccc(CO)cc1. The van der Waals surface area contributed by atoms with Crippen molar-refractivity contribution in [2.75, 3.05) is 0 Å². The highest BCUT2D eigenvalue weighted by Crippen LogP contribution is 2.14. The lowest BCUT2D eigenvalue weighted by Crippen LogP contribution is -2.00. The predicted molar refractivity (Wildman–Crippen MR) is 65.7 cm³/mol. The molecule has 0 amide bonds. The van der Waals surface area contributed by atoms with Gasteiger partial charge in [-0.25, -0.2) is 0 Å². The summed E-state index contributed by atoms with van der Waals surface area (Å²) in [6, 6.07) is 11.3. The fourth-order valence-corrected chi connectivity index (χ4v) is 1.51. The molecule has 3 heteroatoms. The Morgan fingerprint density at radius 3 is 2.59 bits per heavy atom. The molecule has 17 heavy (non-hydrogen) atoms. The third-order valence-electron chi connectivity index (χ3n) is 2.60. The topological polar surface area (TPSA) is 42.4 Å². The van der Waals surface area contributed by atoms with Crippen molar-refractivity contribution in [2.45, 2.75) is 20.1 Å². The van der Waals surface area contributed by atoms with Gasteiger partial charge in [-0.15, -0.1) is 0 Å². The number of nitrogens with zero attached hydrogens (tertiary/aromatic N) is 1. The second-order valence-electron chi connectivity index (χ2n) is 3.86. The summed E-state index contributed by atoms with van der Waals surface area (Å²) in [6.45, 7) is 2.53. The first-order chi connectivity index (χ1) is 8.29. The molecule has 0 aliphatic rings. The first kappa shape index (κ1) is 11.6. The summed E-state index contributed by atoms with van der Waals surface area (Å²) in [7, 11) is 0. The van der Waals surface area contributed by atoms with Crippen LogP contribution in [0.15, 0.2) is 42.6 Å². The van der Waals surface area contributed by atoms with Crippen LogP contribution in [0.4, 0.5) is 0 Å². The Bertz CT molecular complexity index is 480. The highest BCUT2D eigenvalue weighted by molar-refractivity contribution is 5.27. The predicted octanol–water partition coefficient (Wildman–Crippen LogP) is 2.46. The lowest BCUT2D eigenvalue weighted by atomic mass is 10.2. The lowest BCUT2D eigenvalue weighted by Gasteiger charge is -2.07. The zero-order valence-corrected chi connectivity index (χ0v) is 9.76. The molecule has 0 atom stereocenters. The highest BCUT2D eigenvalue weighted by atomic mass is 16.5. The van der Waals surface area contributed by atoms with Gasteiger partial charge >= 0.3 is 0 Å². The van der Waals surface area contributed by atoms with E-state index >= 15 is 0 Å². The van der Waals surface area contributed by atoms with Gasteiger partial charge in [0.2, 0.25) is 0 Å². The largest absolute Gasteiger partial charge is 0.487 e. The summed E-state index contributed by atoms with van der Waals surface area (Å²) < 4.78 is 5.63. The molecule has 0 saturated carbocycles. The van der Waals surface area contributed by atoms with Crippen molar-refractivity contribution in [1.82, 2.24) is 4.98 Å². The van der Waals surface area contributed by atoms with Crippen molar-refractivity contribution in [3.05, 3.63) is 59.4 Å². The third-order valence-corrected chi connectivity index (χ3v) is 2.60. The molecule has 1 aromatic heterocycles. The molecule has 0 radical (unpaired) electrons. The standard InChI is InChI=1S/C14H15NO2/c1-11-3-2-8-15-14(11)10-17-13-6-4-12(9-16)5-7-13/h2-8,16H,9-10H2,1H3. The fraction of sp³-hybridized carbons (Fsp3) is 0.214. The van der Waals surface area contributed by atoms with Gasteiger partial charge in [0, 0.05) is 6.20 Å². The minimum absolute atomic E-state index is 0.0552. The molecule has 1 N–H and O–H groups in total. The summed E-state index contributed by atoms with van der Waals surface area (Å²) in [5.41, 5.74) is 2.95. The van der Waals surface area contributed by atoms with E-state index in [0.29, 0.717) is 6.61 Å². The molecule has 0 saturated heterocycles. The number of aliphatic hydroxyl groups excluding tert-OH is 1. The molecule has 0 aliphatic carbocycles. The Hall–Kier alpha value is -1.87. The Labute approximate surface area is 101 Å². The zero-order valence-electron chi connectivity index (χ0n) is 9.76. The van der Waals surface area contributed by atoms with Gasteiger partial charge in [0.25, 0.3) is 0 Å². The van der Waals surface area contributed by atoms with E-state index in [9.17, 15) is 0 Å². The molecular weight excluding hydrogens is 214 g/mol. The number of benzene rings is 1. The molecule has 0 bridgehead atoms. The van der Waals surface area contributed by atoms with Crippen LogP contribution in [0.1, 0.15) is 16.8 Å². The third kappa shape index (κ3) is 3.04. The summed E-state index contributed by atoms with van der Waals surface area (Å²) in [6.07, 6.45) is 1.76. The first-order valence-corrected chi connectivity index (χ1v) is 5.52. The van der Waals surface area contributed by atoms with Gasteiger partial charge in [-0.05, 0) is 36.2 Å². The Kier molecular flexibility index (Phi) is 3.73. The number of hydrogen-bond donors (Lipinski definition) is 1. The number of aromatic nitrogens is 1. The van der Waals surface area contributed by atoms with E-state index in [1.54, 1.807) is 6.20 Å². The number of pyridine rings is 1. The molecular formula is C14H15NO2. The van der Waals surface area contributed by atoms with Crippen molar-refractivity contribution < 1.29 is 9.84 Å². The van der Waals surface area contributed by atoms with Crippen molar-refractivity contribution in [1.29, 1.82) is 0 Å². The van der Waals surface area contributed by atoms with E-state index in [1.807, 2.05) is 43.3 Å². The van der Waals surface area contributed by atoms with Crippen LogP contribution in [0.25, 0.3) is 0 Å². The molecule has 88 valence electrons. The van der Waals surface area contributed by atoms with Gasteiger partial charge < -0.3 is 9.84 Å². The molecule has 1 heterocycles. The van der Waals surface area contributed by atoms with Crippen LogP contribution in [0.3, 0.4) is 0 Å². The average molecular weight is 229 g/mol. The number of aryl methyl sites for hydroxylation is 1. The van der Waals surface area contributed by atoms with Crippen LogP contribution in [0.5, 0.6) is 5.75 Å². The van der Waals surface area contributed by atoms with Crippen molar-refractivity contribution in [3.8, 4) is 5.75 Å². The minimum Gasteiger partial charge on any atom is -0.487 e. The normalized spacial score (nSPS) is 10.2. The van der Waals surface area contributed by atoms with E-state index in [4.69, 9.17) is 9.84 Å². The quantitative estimate of drug-likeness (QED) is 0.875. The van der Waals surface area contributed by atoms with Crippen LogP contribution in [0.2, 0.25) is 0 Å². The number of rotatable bonds is 4. The van der Waals surface area contributed by atoms with Crippen LogP contribution >= 0.6 is 0 Å². The second kappa shape index (κ2) is 5.46. The van der Waals surface area contributed by atoms with Gasteiger partial charge in [-0.3, -0.25) is 4.98 Å². The van der Waals surface area contributed by atoms with E-state index in [2.05, 4.69) is 4.98 Å². The molecule has 1 aromatic carbocycles. The van der Waals surface area contributed by atoms with Crippen LogP contribution in [-0.2, 0) is 13.2 Å². The summed E-state index contributed by atoms with van der Waals surface area (Å²) in [5, 5.41) is 8.92. The minimum atomic E-state index is 0.0552. The van der Waals surface area contributed by atoms with E-state index in [1.165, 1.54) is 0 Å². The molecule has 2 rings (SSSR count). The highest BCUT2D eigenvalue weighted by Gasteiger charge is 2.00. The Balaban J connectivity index is 2.00. The summed E-state index contributed by atoms with van der Waals surface area (Å²) in [4.78, 5) is 4.26. The molecule has 0 aliphatic heterocycles. The Morgan fingerprint density at radius 1 is 1.18 bits per heavy atom. The van der Waals surface area contributed by atoms with Gasteiger partial charge in [-0.2, -0.15) is 0 Å². The Morgan fingerprint density at radius 2 is 1.94 bits per heavy atom. The molecule has 0 unspecified atom stereocenters. The molecule has 3 nitrogen and oxygen atoms in total. The van der Waals surface area contributed by atoms with Crippen LogP contribution < -0.4 is 4.74 Å². The zero-order chi connectivity index (χ0) is 12.1. The van der Waals surface area contributed by atoms with Gasteiger partial charge in [0.15, 0.2) is 0 Å². The lowest BCUT2D eigenvalue weighted by molar-refractivity contribution is 0.280. The second-order valence-corrected chi connectivity index (χ2v) is 3.86. The summed E-state index contributed by atoms with van der Waals surface area (Å²) >= 11 is 0. The first-order valence-electron chi connectivity index (χ1n) is 5.52. The van der Waals surface area contributed by atoms with Gasteiger partial charge in [0.05, 0.1) is 12.3 Å². The van der Waals surface area contributed by atoms with Gasteiger partial charge in [0.1, 0.15) is 12.4 Å². The summed E-state index contributed by atoms with van der Waals surface area (Å²) in [5.74, 6) is 0.784. The van der Waals surface area contributed by atoms with Crippen molar-refractivity contribution in [2.24, 2.45) is 0 Å². The van der Waals surface area contributed by atoms with Gasteiger partial charge in [-0.1, -0.05) is 18.2 Å². The molecule has 0 fully saturated rings. The monoisotopic (exact) mass is 229 g/mol. The number of hydrogen-bond acceptors (Lipinski definition) is 3. The smallest absolute Gasteiger partial charge is 0.130 e. The van der Waals surface area contributed by atoms with E-state index < -0.39 is 0 Å². The molecule has 2 aromatic rings. The fourth-order valence-electron chi connectivity index (χ4n) is 1.51. The number of ether oxygens (including phenoxy) is 1. The van der Waals surface area contributed by atoms with Crippen LogP contribution in [0, 0.1) is 6.92 Å². The average Bonchev–Trinajstić information content (AvgIpc) is 2.38. The molecule has 0 spiro atoms. The maximum absolute atomic E-state index is 8.92. The maximum atomic E-state index is 8.92. The van der Waals surface area contributed by atoms with Crippen molar-refractivity contribution >= 4 is 0 Å². The maximum Gasteiger partial charge on any atom is 0.130 e. The van der Waals surface area contributed by atoms with E-state index in [0.717, 1.165) is 22.6 Å². The van der Waals surface area contributed by atoms with Crippen LogP contribution in [-0.4, -0.2) is 10.1 Å². The van der Waals surface area contributed by atoms with E-state index in [-0.39, 0.29) is 6.61 Å². The van der Waals surface area contributed by atoms with Crippen molar-refractivity contribution in [3.63, 3.8) is 0 Å².